The maximum Gasteiger partial charge on any atom is 0.202 e. The van der Waals surface area contributed by atoms with E-state index in [4.69, 9.17) is 10.00 Å². The predicted octanol–water partition coefficient (Wildman–Crippen LogP) is 1.96. The van der Waals surface area contributed by atoms with E-state index in [0.29, 0.717) is 11.3 Å². The number of ketones is 1. The van der Waals surface area contributed by atoms with Crippen molar-refractivity contribution in [2.45, 2.75) is 0 Å². The molecule has 0 saturated heterocycles. The van der Waals surface area contributed by atoms with Gasteiger partial charge < -0.3 is 4.74 Å². The number of benzene rings is 1. The Morgan fingerprint density at radius 3 is 2.43 bits per heavy atom. The van der Waals surface area contributed by atoms with Crippen molar-refractivity contribution in [2.24, 2.45) is 0 Å². The van der Waals surface area contributed by atoms with Gasteiger partial charge in [0.15, 0.2) is 0 Å². The lowest BCUT2D eigenvalue weighted by Crippen LogP contribution is -2.00. The first kappa shape index (κ1) is 10.0. The highest BCUT2D eigenvalue weighted by atomic mass is 16.5. The smallest absolute Gasteiger partial charge is 0.202 e. The number of rotatable bonds is 3. The Hall–Kier alpha value is -2.08. The first-order chi connectivity index (χ1) is 6.69. The lowest BCUT2D eigenvalue weighted by Gasteiger charge is -2.00. The summed E-state index contributed by atoms with van der Waals surface area (Å²) in [4.78, 5) is 11.4. The van der Waals surface area contributed by atoms with Crippen molar-refractivity contribution in [1.82, 2.24) is 0 Å². The minimum Gasteiger partial charge on any atom is -0.497 e. The highest BCUT2D eigenvalue weighted by Crippen LogP contribution is 2.13. The number of ether oxygens (including phenoxy) is 1. The van der Waals surface area contributed by atoms with E-state index in [2.05, 4.69) is 6.58 Å². The second-order valence-electron chi connectivity index (χ2n) is 2.65. The lowest BCUT2D eigenvalue weighted by molar-refractivity contribution is 0.103. The van der Waals surface area contributed by atoms with Gasteiger partial charge in [0, 0.05) is 5.56 Å². The third-order valence-corrected chi connectivity index (χ3v) is 1.76. The molecular formula is C11H9NO2. The van der Waals surface area contributed by atoms with Gasteiger partial charge in [0.25, 0.3) is 0 Å². The summed E-state index contributed by atoms with van der Waals surface area (Å²) in [6, 6.07) is 8.25. The molecule has 0 fully saturated rings. The molecule has 0 N–H and O–H groups in total. The van der Waals surface area contributed by atoms with E-state index in [0.717, 1.165) is 0 Å². The Bertz CT molecular complexity index is 398. The van der Waals surface area contributed by atoms with Gasteiger partial charge in [-0.3, -0.25) is 4.79 Å². The second kappa shape index (κ2) is 4.24. The normalized spacial score (nSPS) is 8.86. The Labute approximate surface area is 82.2 Å². The maximum absolute atomic E-state index is 11.4. The van der Waals surface area contributed by atoms with E-state index < -0.39 is 0 Å². The average Bonchev–Trinajstić information content (AvgIpc) is 2.27. The predicted molar refractivity (Wildman–Crippen MR) is 52.1 cm³/mol. The lowest BCUT2D eigenvalue weighted by atomic mass is 10.1. The molecule has 0 heterocycles. The molecule has 1 aromatic carbocycles. The Balaban J connectivity index is 2.94. The number of carbonyl (C=O) groups is 1. The maximum atomic E-state index is 11.4. The van der Waals surface area contributed by atoms with E-state index >= 15 is 0 Å². The molecule has 70 valence electrons. The molecule has 0 aromatic heterocycles. The number of nitrogens with zero attached hydrogens (tertiary/aromatic N) is 1. The highest BCUT2D eigenvalue weighted by Gasteiger charge is 2.08. The van der Waals surface area contributed by atoms with E-state index in [-0.39, 0.29) is 11.4 Å². The molecule has 0 aliphatic heterocycles. The SMILES string of the molecule is C=C(C#N)C(=O)c1ccc(OC)cc1. The summed E-state index contributed by atoms with van der Waals surface area (Å²) in [5.74, 6) is 0.319. The molecule has 0 bridgehead atoms. The summed E-state index contributed by atoms with van der Waals surface area (Å²) >= 11 is 0. The topological polar surface area (TPSA) is 50.1 Å². The zero-order valence-electron chi connectivity index (χ0n) is 7.78. The van der Waals surface area contributed by atoms with Crippen LogP contribution in [0.15, 0.2) is 36.4 Å². The van der Waals surface area contributed by atoms with Gasteiger partial charge in [-0.1, -0.05) is 6.58 Å². The molecule has 14 heavy (non-hydrogen) atoms. The fraction of sp³-hybridized carbons (Fsp3) is 0.0909. The number of nitriles is 1. The van der Waals surface area contributed by atoms with Crippen molar-refractivity contribution in [3.63, 3.8) is 0 Å². The fourth-order valence-electron chi connectivity index (χ4n) is 0.967. The second-order valence-corrected chi connectivity index (χ2v) is 2.65. The Morgan fingerprint density at radius 1 is 1.43 bits per heavy atom. The van der Waals surface area contributed by atoms with E-state index in [1.165, 1.54) is 0 Å². The number of Topliss-reactive ketones (excluding diaryl/α,β-unsaturated/α-hetero) is 1. The molecule has 0 radical (unpaired) electrons. The molecule has 0 atom stereocenters. The number of hydrogen-bond donors (Lipinski definition) is 0. The third-order valence-electron chi connectivity index (χ3n) is 1.76. The van der Waals surface area contributed by atoms with Gasteiger partial charge >= 0.3 is 0 Å². The van der Waals surface area contributed by atoms with Crippen LogP contribution in [0.2, 0.25) is 0 Å². The molecule has 0 unspecified atom stereocenters. The van der Waals surface area contributed by atoms with Crippen LogP contribution in [0, 0.1) is 11.3 Å². The van der Waals surface area contributed by atoms with Crippen LogP contribution in [-0.4, -0.2) is 12.9 Å². The molecule has 0 saturated carbocycles. The van der Waals surface area contributed by atoms with Crippen LogP contribution in [0.1, 0.15) is 10.4 Å². The van der Waals surface area contributed by atoms with E-state index in [9.17, 15) is 4.79 Å². The first-order valence-corrected chi connectivity index (χ1v) is 3.97. The van der Waals surface area contributed by atoms with E-state index in [1.807, 2.05) is 0 Å². The van der Waals surface area contributed by atoms with Crippen molar-refractivity contribution < 1.29 is 9.53 Å². The number of methoxy groups -OCH3 is 1. The summed E-state index contributed by atoms with van der Waals surface area (Å²) in [5.41, 5.74) is 0.382. The van der Waals surface area contributed by atoms with Crippen LogP contribution in [-0.2, 0) is 0 Å². The minimum atomic E-state index is -0.352. The Kier molecular flexibility index (Phi) is 3.03. The third kappa shape index (κ3) is 1.99. The van der Waals surface area contributed by atoms with Gasteiger partial charge in [0.2, 0.25) is 5.78 Å². The number of hydrogen-bond acceptors (Lipinski definition) is 3. The molecule has 0 aliphatic carbocycles. The first-order valence-electron chi connectivity index (χ1n) is 3.97. The molecular weight excluding hydrogens is 178 g/mol. The fourth-order valence-corrected chi connectivity index (χ4v) is 0.967. The van der Waals surface area contributed by atoms with Gasteiger partial charge in [-0.05, 0) is 24.3 Å². The van der Waals surface area contributed by atoms with Gasteiger partial charge in [-0.25, -0.2) is 0 Å². The van der Waals surface area contributed by atoms with Crippen molar-refractivity contribution in [1.29, 1.82) is 5.26 Å². The monoisotopic (exact) mass is 187 g/mol. The number of carbonyl (C=O) groups excluding carboxylic acids is 1. The zero-order chi connectivity index (χ0) is 10.6. The number of allylic oxidation sites excluding steroid dienone is 1. The van der Waals surface area contributed by atoms with E-state index in [1.54, 1.807) is 37.4 Å². The average molecular weight is 187 g/mol. The van der Waals surface area contributed by atoms with Crippen molar-refractivity contribution >= 4 is 5.78 Å². The minimum absolute atomic E-state index is 0.0600. The van der Waals surface area contributed by atoms with Crippen LogP contribution in [0.5, 0.6) is 5.75 Å². The zero-order valence-corrected chi connectivity index (χ0v) is 7.78. The summed E-state index contributed by atoms with van der Waals surface area (Å²) in [6.07, 6.45) is 0. The molecule has 3 nitrogen and oxygen atoms in total. The van der Waals surface area contributed by atoms with Crippen molar-refractivity contribution in [3.8, 4) is 11.8 Å². The summed E-state index contributed by atoms with van der Waals surface area (Å²) in [7, 11) is 1.55. The van der Waals surface area contributed by atoms with Gasteiger partial charge in [0.1, 0.15) is 11.8 Å². The molecule has 3 heteroatoms. The Morgan fingerprint density at radius 2 is 2.00 bits per heavy atom. The van der Waals surface area contributed by atoms with Crippen LogP contribution in [0.4, 0.5) is 0 Å². The largest absolute Gasteiger partial charge is 0.497 e. The van der Waals surface area contributed by atoms with Crippen LogP contribution in [0.25, 0.3) is 0 Å². The van der Waals surface area contributed by atoms with Crippen molar-refractivity contribution in [3.05, 3.63) is 42.0 Å². The van der Waals surface area contributed by atoms with Crippen LogP contribution < -0.4 is 4.74 Å². The summed E-state index contributed by atoms with van der Waals surface area (Å²) < 4.78 is 4.94. The summed E-state index contributed by atoms with van der Waals surface area (Å²) in [6.45, 7) is 3.35. The highest BCUT2D eigenvalue weighted by molar-refractivity contribution is 6.10. The summed E-state index contributed by atoms with van der Waals surface area (Å²) in [5, 5.41) is 8.47. The standard InChI is InChI=1S/C11H9NO2/c1-8(7-12)11(13)9-3-5-10(14-2)6-4-9/h3-6H,1H2,2H3. The van der Waals surface area contributed by atoms with Crippen LogP contribution in [0.3, 0.4) is 0 Å². The van der Waals surface area contributed by atoms with Gasteiger partial charge in [-0.2, -0.15) is 5.26 Å². The van der Waals surface area contributed by atoms with Crippen molar-refractivity contribution in [2.75, 3.05) is 7.11 Å². The molecule has 0 amide bonds. The molecule has 1 aromatic rings. The van der Waals surface area contributed by atoms with Gasteiger partial charge in [-0.15, -0.1) is 0 Å². The molecule has 1 rings (SSSR count). The quantitative estimate of drug-likeness (QED) is 0.413. The van der Waals surface area contributed by atoms with Crippen LogP contribution >= 0.6 is 0 Å². The molecule has 0 spiro atoms. The molecule has 0 aliphatic rings. The van der Waals surface area contributed by atoms with Gasteiger partial charge in [0.05, 0.1) is 12.7 Å².